The average Bonchev–Trinajstić information content (AvgIpc) is 3.18. The number of amides is 2. The number of nitrogens with one attached hydrogen (secondary N) is 1. The normalized spacial score (nSPS) is 20.3. The predicted octanol–water partition coefficient (Wildman–Crippen LogP) is 2.99. The molecule has 1 atom stereocenters. The van der Waals surface area contributed by atoms with Gasteiger partial charge in [-0.2, -0.15) is 0 Å². The van der Waals surface area contributed by atoms with E-state index in [0.29, 0.717) is 6.54 Å². The summed E-state index contributed by atoms with van der Waals surface area (Å²) in [7, 11) is 2.16. The van der Waals surface area contributed by atoms with Crippen LogP contribution in [0.15, 0.2) is 48.5 Å². The Bertz CT molecular complexity index is 902. The van der Waals surface area contributed by atoms with Crippen molar-refractivity contribution in [2.45, 2.75) is 26.3 Å². The molecule has 2 aromatic rings. The van der Waals surface area contributed by atoms with Crippen LogP contribution < -0.4 is 10.2 Å². The molecule has 0 spiro atoms. The third-order valence-electron chi connectivity index (χ3n) is 6.38. The van der Waals surface area contributed by atoms with E-state index in [4.69, 9.17) is 0 Å². The number of aryl methyl sites for hydroxylation is 1. The molecule has 0 aromatic heterocycles. The Morgan fingerprint density at radius 2 is 1.61 bits per heavy atom. The van der Waals surface area contributed by atoms with Crippen LogP contribution in [0.25, 0.3) is 0 Å². The van der Waals surface area contributed by atoms with Gasteiger partial charge < -0.3 is 15.1 Å². The third kappa shape index (κ3) is 5.32. The summed E-state index contributed by atoms with van der Waals surface area (Å²) in [5.74, 6) is -0.414. The summed E-state index contributed by atoms with van der Waals surface area (Å²) < 4.78 is 0. The van der Waals surface area contributed by atoms with Crippen molar-refractivity contribution in [1.82, 2.24) is 9.80 Å². The summed E-state index contributed by atoms with van der Waals surface area (Å²) in [4.78, 5) is 31.8. The van der Waals surface area contributed by atoms with Gasteiger partial charge in [0.25, 0.3) is 0 Å². The fourth-order valence-electron chi connectivity index (χ4n) is 4.25. The van der Waals surface area contributed by atoms with Crippen molar-refractivity contribution in [2.75, 3.05) is 50.0 Å². The summed E-state index contributed by atoms with van der Waals surface area (Å²) in [6.45, 7) is 7.85. The molecule has 2 aliphatic rings. The number of carbonyl (C=O) groups is 2. The maximum Gasteiger partial charge on any atom is 0.229 e. The number of benzene rings is 2. The molecule has 4 rings (SSSR count). The van der Waals surface area contributed by atoms with Gasteiger partial charge in [0.15, 0.2) is 0 Å². The number of hydrogen-bond acceptors (Lipinski definition) is 4. The topological polar surface area (TPSA) is 55.9 Å². The first-order valence-corrected chi connectivity index (χ1v) is 11.2. The van der Waals surface area contributed by atoms with Crippen LogP contribution in [0.1, 0.15) is 24.5 Å². The van der Waals surface area contributed by atoms with Gasteiger partial charge in [0.2, 0.25) is 11.8 Å². The minimum absolute atomic E-state index is 0.00641. The van der Waals surface area contributed by atoms with Crippen LogP contribution in [0.4, 0.5) is 11.4 Å². The molecular formula is C25H32N4O2. The lowest BCUT2D eigenvalue weighted by atomic mass is 10.1. The van der Waals surface area contributed by atoms with Crippen molar-refractivity contribution < 1.29 is 9.59 Å². The lowest BCUT2D eigenvalue weighted by Crippen LogP contribution is -2.43. The van der Waals surface area contributed by atoms with Gasteiger partial charge >= 0.3 is 0 Å². The molecule has 2 fully saturated rings. The quantitative estimate of drug-likeness (QED) is 0.781. The van der Waals surface area contributed by atoms with Gasteiger partial charge in [-0.3, -0.25) is 14.5 Å². The second-order valence-corrected chi connectivity index (χ2v) is 8.69. The van der Waals surface area contributed by atoms with Crippen molar-refractivity contribution in [1.29, 1.82) is 0 Å². The van der Waals surface area contributed by atoms with Crippen LogP contribution in [0.3, 0.4) is 0 Å². The fourth-order valence-corrected chi connectivity index (χ4v) is 4.25. The van der Waals surface area contributed by atoms with Gasteiger partial charge in [-0.05, 0) is 48.9 Å². The fraction of sp³-hybridized carbons (Fsp3) is 0.440. The van der Waals surface area contributed by atoms with Gasteiger partial charge in [-0.25, -0.2) is 0 Å². The largest absolute Gasteiger partial charge is 0.326 e. The van der Waals surface area contributed by atoms with Gasteiger partial charge in [-0.1, -0.05) is 31.2 Å². The van der Waals surface area contributed by atoms with Gasteiger partial charge in [0.05, 0.1) is 5.92 Å². The molecule has 6 heteroatoms. The zero-order valence-electron chi connectivity index (χ0n) is 18.5. The molecule has 1 unspecified atom stereocenters. The molecule has 1 N–H and O–H groups in total. The molecule has 31 heavy (non-hydrogen) atoms. The van der Waals surface area contributed by atoms with Crippen LogP contribution in [-0.2, 0) is 22.6 Å². The lowest BCUT2D eigenvalue weighted by Gasteiger charge is -2.32. The summed E-state index contributed by atoms with van der Waals surface area (Å²) in [5, 5.41) is 2.99. The number of anilines is 2. The smallest absolute Gasteiger partial charge is 0.229 e. The van der Waals surface area contributed by atoms with E-state index >= 15 is 0 Å². The minimum atomic E-state index is -0.330. The van der Waals surface area contributed by atoms with Crippen molar-refractivity contribution in [3.8, 4) is 0 Å². The number of rotatable bonds is 6. The SMILES string of the molecule is CCc1ccc(N2CC(C(=O)Nc3ccc(CN4CCN(C)CC4)cc3)CC2=O)cc1. The highest BCUT2D eigenvalue weighted by Crippen LogP contribution is 2.26. The number of nitrogens with zero attached hydrogens (tertiary/aromatic N) is 3. The summed E-state index contributed by atoms with van der Waals surface area (Å²) in [6, 6.07) is 16.1. The highest BCUT2D eigenvalue weighted by Gasteiger charge is 2.35. The first-order valence-electron chi connectivity index (χ1n) is 11.2. The Kier molecular flexibility index (Phi) is 6.68. The number of likely N-dealkylation sites (N-methyl/N-ethyl adjacent to an activating group) is 1. The maximum atomic E-state index is 12.8. The molecule has 2 saturated heterocycles. The Morgan fingerprint density at radius 3 is 2.26 bits per heavy atom. The Morgan fingerprint density at radius 1 is 0.968 bits per heavy atom. The molecule has 0 saturated carbocycles. The monoisotopic (exact) mass is 420 g/mol. The van der Waals surface area contributed by atoms with Crippen LogP contribution in [0.2, 0.25) is 0 Å². The third-order valence-corrected chi connectivity index (χ3v) is 6.38. The van der Waals surface area contributed by atoms with Crippen LogP contribution >= 0.6 is 0 Å². The van der Waals surface area contributed by atoms with Crippen molar-refractivity contribution >= 4 is 23.2 Å². The van der Waals surface area contributed by atoms with Crippen molar-refractivity contribution in [3.63, 3.8) is 0 Å². The van der Waals surface area contributed by atoms with E-state index in [1.165, 1.54) is 11.1 Å². The molecule has 0 aliphatic carbocycles. The summed E-state index contributed by atoms with van der Waals surface area (Å²) in [5.41, 5.74) is 4.14. The van der Waals surface area contributed by atoms with E-state index in [-0.39, 0.29) is 24.2 Å². The average molecular weight is 421 g/mol. The van der Waals surface area contributed by atoms with Crippen molar-refractivity contribution in [3.05, 3.63) is 59.7 Å². The van der Waals surface area contributed by atoms with Gasteiger partial charge in [0, 0.05) is 57.1 Å². The van der Waals surface area contributed by atoms with E-state index in [1.807, 2.05) is 36.4 Å². The van der Waals surface area contributed by atoms with Gasteiger partial charge in [0.1, 0.15) is 0 Å². The van der Waals surface area contributed by atoms with Crippen LogP contribution in [0.5, 0.6) is 0 Å². The van der Waals surface area contributed by atoms with E-state index in [2.05, 4.69) is 41.2 Å². The zero-order valence-corrected chi connectivity index (χ0v) is 18.5. The highest BCUT2D eigenvalue weighted by molar-refractivity contribution is 6.03. The van der Waals surface area contributed by atoms with E-state index in [1.54, 1.807) is 4.90 Å². The Hall–Kier alpha value is -2.70. The van der Waals surface area contributed by atoms with Crippen molar-refractivity contribution in [2.24, 2.45) is 5.92 Å². The molecule has 2 heterocycles. The molecule has 6 nitrogen and oxygen atoms in total. The number of hydrogen-bond donors (Lipinski definition) is 1. The van der Waals surface area contributed by atoms with Crippen LogP contribution in [-0.4, -0.2) is 61.4 Å². The highest BCUT2D eigenvalue weighted by atomic mass is 16.2. The molecule has 2 aromatic carbocycles. The summed E-state index contributed by atoms with van der Waals surface area (Å²) >= 11 is 0. The molecular weight excluding hydrogens is 388 g/mol. The number of carbonyl (C=O) groups excluding carboxylic acids is 2. The standard InChI is InChI=1S/C25H32N4O2/c1-3-19-6-10-23(11-7-19)29-18-21(16-24(29)30)25(31)26-22-8-4-20(5-9-22)17-28-14-12-27(2)13-15-28/h4-11,21H,3,12-18H2,1-2H3,(H,26,31). The lowest BCUT2D eigenvalue weighted by molar-refractivity contribution is -0.122. The molecule has 0 radical (unpaired) electrons. The minimum Gasteiger partial charge on any atom is -0.326 e. The Balaban J connectivity index is 1.31. The second-order valence-electron chi connectivity index (χ2n) is 8.69. The summed E-state index contributed by atoms with van der Waals surface area (Å²) in [6.07, 6.45) is 1.22. The first-order chi connectivity index (χ1) is 15.0. The molecule has 0 bridgehead atoms. The maximum absolute atomic E-state index is 12.8. The van der Waals surface area contributed by atoms with Crippen LogP contribution in [0, 0.1) is 5.92 Å². The Labute approximate surface area is 184 Å². The molecule has 2 amide bonds. The van der Waals surface area contributed by atoms with E-state index in [9.17, 15) is 9.59 Å². The van der Waals surface area contributed by atoms with E-state index in [0.717, 1.165) is 50.5 Å². The van der Waals surface area contributed by atoms with Gasteiger partial charge in [-0.15, -0.1) is 0 Å². The van der Waals surface area contributed by atoms with E-state index < -0.39 is 0 Å². The molecule has 2 aliphatic heterocycles. The number of piperazine rings is 1. The zero-order chi connectivity index (χ0) is 21.8. The second kappa shape index (κ2) is 9.62. The predicted molar refractivity (Wildman–Crippen MR) is 124 cm³/mol. The first kappa shape index (κ1) is 21.5. The molecule has 164 valence electrons.